The fraction of sp³-hybridized carbons (Fsp3) is 0.556. The Morgan fingerprint density at radius 3 is 2.40 bits per heavy atom. The third-order valence-corrected chi connectivity index (χ3v) is 11.2. The van der Waals surface area contributed by atoms with Crippen molar-refractivity contribution < 1.29 is 23.9 Å². The number of carbonyl (C=O) groups excluding carboxylic acids is 3. The van der Waals surface area contributed by atoms with Crippen molar-refractivity contribution in [3.05, 3.63) is 52.7 Å². The Kier molecular flexibility index (Phi) is 10.3. The molecule has 4 amide bonds. The zero-order valence-corrected chi connectivity index (χ0v) is 29.7. The number of anilines is 1. The van der Waals surface area contributed by atoms with Crippen molar-refractivity contribution in [2.24, 2.45) is 0 Å². The molecule has 0 saturated carbocycles. The van der Waals surface area contributed by atoms with Crippen LogP contribution < -0.4 is 10.1 Å². The molecule has 3 saturated heterocycles. The molecule has 3 fully saturated rings. The van der Waals surface area contributed by atoms with E-state index in [9.17, 15) is 14.4 Å². The van der Waals surface area contributed by atoms with Crippen molar-refractivity contribution in [3.8, 4) is 5.75 Å². The van der Waals surface area contributed by atoms with Gasteiger partial charge in [0.25, 0.3) is 5.91 Å². The normalized spacial score (nSPS) is 20.7. The van der Waals surface area contributed by atoms with Crippen LogP contribution in [0.2, 0.25) is 5.02 Å². The summed E-state index contributed by atoms with van der Waals surface area (Å²) >= 11 is 6.55. The summed E-state index contributed by atoms with van der Waals surface area (Å²) in [6.07, 6.45) is 4.15. The molecule has 4 aliphatic rings. The number of rotatable bonds is 7. The Bertz CT molecular complexity index is 1690. The van der Waals surface area contributed by atoms with E-state index in [2.05, 4.69) is 32.4 Å². The SMILES string of the molecule is COc1ccc2c(c1)CCN(C1CCN(C(=O)O[C@H](Cc3cc(Cl)c4[nH]ncc4c3)C(=O)N3CCC(N4CCN(C)CC4)CC3)CC1)C(=O)N2. The molecule has 14 heteroatoms. The second kappa shape index (κ2) is 15.0. The van der Waals surface area contributed by atoms with E-state index < -0.39 is 12.2 Å². The van der Waals surface area contributed by atoms with Crippen LogP contribution in [0.4, 0.5) is 15.3 Å². The number of nitrogens with one attached hydrogen (secondary N) is 2. The monoisotopic (exact) mass is 706 g/mol. The molecule has 268 valence electrons. The zero-order chi connectivity index (χ0) is 34.8. The van der Waals surface area contributed by atoms with Crippen LogP contribution in [0.1, 0.15) is 36.8 Å². The Hall–Kier alpha value is -4.07. The zero-order valence-electron chi connectivity index (χ0n) is 28.9. The highest BCUT2D eigenvalue weighted by Crippen LogP contribution is 2.29. The van der Waals surface area contributed by atoms with E-state index >= 15 is 0 Å². The van der Waals surface area contributed by atoms with E-state index in [0.29, 0.717) is 63.1 Å². The highest BCUT2D eigenvalue weighted by atomic mass is 35.5. The minimum atomic E-state index is -0.993. The number of aromatic nitrogens is 2. The average molecular weight is 707 g/mol. The van der Waals surface area contributed by atoms with Crippen LogP contribution in [0.3, 0.4) is 0 Å². The number of ether oxygens (including phenoxy) is 2. The maximum Gasteiger partial charge on any atom is 0.410 e. The van der Waals surface area contributed by atoms with Gasteiger partial charge in [-0.1, -0.05) is 11.6 Å². The Balaban J connectivity index is 0.991. The first-order chi connectivity index (χ1) is 24.2. The number of hydrogen-bond donors (Lipinski definition) is 2. The third-order valence-electron chi connectivity index (χ3n) is 10.9. The molecule has 0 radical (unpaired) electrons. The van der Waals surface area contributed by atoms with Crippen LogP contribution in [0.5, 0.6) is 5.75 Å². The molecule has 0 bridgehead atoms. The van der Waals surface area contributed by atoms with Gasteiger partial charge in [0, 0.05) is 88.5 Å². The summed E-state index contributed by atoms with van der Waals surface area (Å²) in [6, 6.07) is 9.74. The third kappa shape index (κ3) is 7.50. The second-order valence-electron chi connectivity index (χ2n) is 14.0. The van der Waals surface area contributed by atoms with Crippen LogP contribution in [0, 0.1) is 0 Å². The van der Waals surface area contributed by atoms with Crippen molar-refractivity contribution >= 4 is 46.2 Å². The van der Waals surface area contributed by atoms with E-state index in [1.54, 1.807) is 18.2 Å². The second-order valence-corrected chi connectivity index (χ2v) is 14.4. The molecule has 2 aromatic carbocycles. The number of hydrogen-bond acceptors (Lipinski definition) is 8. The number of H-pyrrole nitrogens is 1. The maximum absolute atomic E-state index is 14.1. The summed E-state index contributed by atoms with van der Waals surface area (Å²) in [5, 5.41) is 11.4. The van der Waals surface area contributed by atoms with Crippen LogP contribution in [0.25, 0.3) is 10.9 Å². The number of halogens is 1. The molecule has 1 atom stereocenters. The minimum Gasteiger partial charge on any atom is -0.497 e. The summed E-state index contributed by atoms with van der Waals surface area (Å²) in [7, 11) is 3.79. The number of likely N-dealkylation sites (tertiary alicyclic amines) is 2. The predicted molar refractivity (Wildman–Crippen MR) is 191 cm³/mol. The lowest BCUT2D eigenvalue weighted by atomic mass is 10.00. The molecule has 3 aromatic rings. The number of aromatic amines is 1. The van der Waals surface area contributed by atoms with Crippen molar-refractivity contribution in [1.82, 2.24) is 34.7 Å². The molecule has 4 aliphatic heterocycles. The fourth-order valence-electron chi connectivity index (χ4n) is 7.89. The van der Waals surface area contributed by atoms with E-state index in [-0.39, 0.29) is 24.4 Å². The first-order valence-electron chi connectivity index (χ1n) is 17.8. The highest BCUT2D eigenvalue weighted by molar-refractivity contribution is 6.35. The van der Waals surface area contributed by atoms with Crippen molar-refractivity contribution in [2.75, 3.05) is 78.4 Å². The molecule has 0 spiro atoms. The molecule has 1 aromatic heterocycles. The fourth-order valence-corrected chi connectivity index (χ4v) is 8.18. The lowest BCUT2D eigenvalue weighted by Crippen LogP contribution is -2.54. The van der Waals surface area contributed by atoms with Crippen molar-refractivity contribution in [1.29, 1.82) is 0 Å². The van der Waals surface area contributed by atoms with Gasteiger partial charge in [-0.05, 0) is 80.6 Å². The molecule has 2 N–H and O–H groups in total. The topological polar surface area (TPSA) is 127 Å². The number of carbonyl (C=O) groups is 3. The minimum absolute atomic E-state index is 0.0156. The lowest BCUT2D eigenvalue weighted by Gasteiger charge is -2.42. The first-order valence-corrected chi connectivity index (χ1v) is 18.2. The van der Waals surface area contributed by atoms with Crippen molar-refractivity contribution in [2.45, 2.75) is 56.7 Å². The number of methoxy groups -OCH3 is 1. The van der Waals surface area contributed by atoms with E-state index in [4.69, 9.17) is 21.1 Å². The lowest BCUT2D eigenvalue weighted by molar-refractivity contribution is -0.142. The van der Waals surface area contributed by atoms with Gasteiger partial charge in [-0.25, -0.2) is 9.59 Å². The first kappa shape index (κ1) is 34.4. The van der Waals surface area contributed by atoms with Crippen LogP contribution in [-0.2, 0) is 22.4 Å². The largest absolute Gasteiger partial charge is 0.497 e. The Morgan fingerprint density at radius 1 is 0.940 bits per heavy atom. The summed E-state index contributed by atoms with van der Waals surface area (Å²) in [5.74, 6) is 0.584. The number of nitrogens with zero attached hydrogens (tertiary/aromatic N) is 6. The standard InChI is InChI=1S/C36H47ClN8O5/c1-41-15-17-42(18-16-41)27-6-10-43(11-7-27)34(46)32(21-24-19-26-23-38-40-33(26)30(37)20-24)50-36(48)44-12-8-28(9-13-44)45-14-5-25-22-29(49-2)3-4-31(25)39-35(45)47/h3-4,19-20,22-23,27-28,32H,5-18,21H2,1-2H3,(H,38,40)(H,39,47)/t32-/m1/s1. The van der Waals surface area contributed by atoms with E-state index in [0.717, 1.165) is 72.5 Å². The number of fused-ring (bicyclic) bond motifs is 2. The number of piperazine rings is 1. The number of piperidine rings is 2. The molecular weight excluding hydrogens is 660 g/mol. The van der Waals surface area contributed by atoms with Crippen LogP contribution in [0.15, 0.2) is 36.5 Å². The highest BCUT2D eigenvalue weighted by Gasteiger charge is 2.36. The molecule has 50 heavy (non-hydrogen) atoms. The summed E-state index contributed by atoms with van der Waals surface area (Å²) in [4.78, 5) is 51.3. The Morgan fingerprint density at radius 2 is 1.66 bits per heavy atom. The summed E-state index contributed by atoms with van der Waals surface area (Å²) in [5.41, 5.74) is 3.36. The van der Waals surface area contributed by atoms with E-state index in [1.807, 2.05) is 40.1 Å². The van der Waals surface area contributed by atoms with Crippen LogP contribution in [-0.4, -0.2) is 144 Å². The molecule has 0 aliphatic carbocycles. The van der Waals surface area contributed by atoms with Crippen LogP contribution >= 0.6 is 11.6 Å². The van der Waals surface area contributed by atoms with Gasteiger partial charge in [0.15, 0.2) is 6.10 Å². The Labute approximate surface area is 297 Å². The molecule has 13 nitrogen and oxygen atoms in total. The maximum atomic E-state index is 14.1. The average Bonchev–Trinajstić information content (AvgIpc) is 3.55. The molecule has 0 unspecified atom stereocenters. The molecule has 5 heterocycles. The molecule has 7 rings (SSSR count). The van der Waals surface area contributed by atoms with E-state index in [1.165, 1.54) is 0 Å². The van der Waals surface area contributed by atoms with Gasteiger partial charge in [-0.15, -0.1) is 0 Å². The predicted octanol–water partition coefficient (Wildman–Crippen LogP) is 4.07. The van der Waals surface area contributed by atoms with Gasteiger partial charge in [-0.2, -0.15) is 5.10 Å². The van der Waals surface area contributed by atoms with Gasteiger partial charge in [0.2, 0.25) is 0 Å². The number of benzene rings is 2. The summed E-state index contributed by atoms with van der Waals surface area (Å²) in [6.45, 7) is 6.92. The van der Waals surface area contributed by atoms with Gasteiger partial charge < -0.3 is 34.4 Å². The number of likely N-dealkylation sites (N-methyl/N-ethyl adjacent to an activating group) is 1. The van der Waals surface area contributed by atoms with Gasteiger partial charge in [0.1, 0.15) is 5.75 Å². The van der Waals surface area contributed by atoms with Gasteiger partial charge >= 0.3 is 12.1 Å². The van der Waals surface area contributed by atoms with Gasteiger partial charge in [0.05, 0.1) is 23.8 Å². The number of amides is 4. The van der Waals surface area contributed by atoms with Crippen molar-refractivity contribution in [3.63, 3.8) is 0 Å². The molecular formula is C36H47ClN8O5. The quantitative estimate of drug-likeness (QED) is 0.377. The van der Waals surface area contributed by atoms with Gasteiger partial charge in [-0.3, -0.25) is 14.8 Å². The number of urea groups is 1. The summed E-state index contributed by atoms with van der Waals surface area (Å²) < 4.78 is 11.5. The smallest absolute Gasteiger partial charge is 0.410 e.